The van der Waals surface area contributed by atoms with Crippen molar-refractivity contribution >= 4 is 33.0 Å². The first-order chi connectivity index (χ1) is 25.5. The van der Waals surface area contributed by atoms with Gasteiger partial charge in [-0.15, -0.1) is 0 Å². The lowest BCUT2D eigenvalue weighted by Gasteiger charge is -2.36. The SMILES string of the molecule is CCOCCn1c(NC2CCN(CCC3(c4ccccc4)CCN(Cc4cc(OC)c(OC)c(OC)c4)C3=O)CC2)nc2ccccc21.CS(=O)(=O)O. The number of piperidine rings is 1. The first-order valence-corrected chi connectivity index (χ1v) is 19.9. The number of ether oxygens (including phenoxy) is 4. The molecule has 2 N–H and O–H groups in total. The van der Waals surface area contributed by atoms with Gasteiger partial charge in [0.2, 0.25) is 17.6 Å². The van der Waals surface area contributed by atoms with Gasteiger partial charge in [-0.05, 0) is 74.5 Å². The van der Waals surface area contributed by atoms with E-state index in [0.29, 0.717) is 55.8 Å². The van der Waals surface area contributed by atoms with Crippen LogP contribution in [0.25, 0.3) is 11.0 Å². The number of carbonyl (C=O) groups excluding carboxylic acids is 1. The normalized spacial score (nSPS) is 18.2. The van der Waals surface area contributed by atoms with Gasteiger partial charge in [-0.25, -0.2) is 4.98 Å². The number of carbonyl (C=O) groups is 1. The van der Waals surface area contributed by atoms with Crippen molar-refractivity contribution in [1.29, 1.82) is 0 Å². The van der Waals surface area contributed by atoms with Gasteiger partial charge in [-0.1, -0.05) is 42.5 Å². The number of nitrogens with zero attached hydrogens (tertiary/aromatic N) is 4. The van der Waals surface area contributed by atoms with E-state index in [4.69, 9.17) is 28.5 Å². The lowest BCUT2D eigenvalue weighted by atomic mass is 9.76. The second-order valence-corrected chi connectivity index (χ2v) is 14.9. The van der Waals surface area contributed by atoms with Crippen LogP contribution in [0.1, 0.15) is 43.7 Å². The van der Waals surface area contributed by atoms with Crippen molar-refractivity contribution < 1.29 is 36.7 Å². The fourth-order valence-corrected chi connectivity index (χ4v) is 7.38. The summed E-state index contributed by atoms with van der Waals surface area (Å²) in [5.41, 5.74) is 3.62. The summed E-state index contributed by atoms with van der Waals surface area (Å²) in [7, 11) is 1.16. The summed E-state index contributed by atoms with van der Waals surface area (Å²) in [5.74, 6) is 2.84. The molecule has 1 amide bonds. The van der Waals surface area contributed by atoms with Gasteiger partial charge in [0.05, 0.1) is 50.6 Å². The molecular weight excluding hydrogens is 699 g/mol. The van der Waals surface area contributed by atoms with E-state index < -0.39 is 15.5 Å². The smallest absolute Gasteiger partial charge is 0.261 e. The first-order valence-electron chi connectivity index (χ1n) is 18.1. The highest BCUT2D eigenvalue weighted by Crippen LogP contribution is 2.42. The molecule has 4 aromatic rings. The fourth-order valence-electron chi connectivity index (χ4n) is 7.38. The number of hydrogen-bond donors (Lipinski definition) is 2. The molecule has 1 atom stereocenters. The molecule has 13 nitrogen and oxygen atoms in total. The van der Waals surface area contributed by atoms with Gasteiger partial charge in [0.15, 0.2) is 11.5 Å². The number of fused-ring (bicyclic) bond motifs is 1. The number of hydrogen-bond acceptors (Lipinski definition) is 10. The van der Waals surface area contributed by atoms with Gasteiger partial charge < -0.3 is 38.6 Å². The summed E-state index contributed by atoms with van der Waals surface area (Å²) < 4.78 is 50.5. The molecule has 3 aromatic carbocycles. The lowest BCUT2D eigenvalue weighted by molar-refractivity contribution is -0.133. The molecule has 1 unspecified atom stereocenters. The molecule has 2 fully saturated rings. The van der Waals surface area contributed by atoms with Gasteiger partial charge in [0, 0.05) is 45.4 Å². The number of anilines is 1. The summed E-state index contributed by atoms with van der Waals surface area (Å²) in [6, 6.07) is 22.9. The zero-order chi connectivity index (χ0) is 38.0. The molecule has 0 spiro atoms. The van der Waals surface area contributed by atoms with Gasteiger partial charge in [0.1, 0.15) is 0 Å². The highest BCUT2D eigenvalue weighted by Gasteiger charge is 2.47. The van der Waals surface area contributed by atoms with Crippen molar-refractivity contribution in [3.05, 3.63) is 77.9 Å². The van der Waals surface area contributed by atoms with E-state index in [9.17, 15) is 13.2 Å². The third kappa shape index (κ3) is 9.99. The van der Waals surface area contributed by atoms with Crippen LogP contribution in [0.4, 0.5) is 5.95 Å². The van der Waals surface area contributed by atoms with E-state index in [0.717, 1.165) is 80.0 Å². The van der Waals surface area contributed by atoms with Crippen molar-refractivity contribution in [1.82, 2.24) is 19.4 Å². The van der Waals surface area contributed by atoms with Gasteiger partial charge in [-0.3, -0.25) is 9.35 Å². The molecule has 14 heteroatoms. The average Bonchev–Trinajstić information content (AvgIpc) is 3.66. The molecule has 3 heterocycles. The van der Waals surface area contributed by atoms with E-state index in [1.54, 1.807) is 21.3 Å². The van der Waals surface area contributed by atoms with Gasteiger partial charge in [-0.2, -0.15) is 8.42 Å². The number of likely N-dealkylation sites (tertiary alicyclic amines) is 2. The second kappa shape index (κ2) is 18.1. The molecule has 0 aliphatic carbocycles. The minimum absolute atomic E-state index is 0.185. The van der Waals surface area contributed by atoms with Crippen LogP contribution < -0.4 is 19.5 Å². The van der Waals surface area contributed by atoms with Crippen molar-refractivity contribution in [3.63, 3.8) is 0 Å². The number of methoxy groups -OCH3 is 3. The molecule has 2 aliphatic rings. The number of nitrogens with one attached hydrogen (secondary N) is 1. The van der Waals surface area contributed by atoms with Crippen molar-refractivity contribution in [2.45, 2.75) is 57.2 Å². The molecule has 6 rings (SSSR count). The molecular formula is C39H53N5O8S. The topological polar surface area (TPSA) is 145 Å². The summed E-state index contributed by atoms with van der Waals surface area (Å²) >= 11 is 0. The predicted molar refractivity (Wildman–Crippen MR) is 206 cm³/mol. The van der Waals surface area contributed by atoms with Crippen LogP contribution in [0.5, 0.6) is 17.2 Å². The average molecular weight is 752 g/mol. The Hall–Kier alpha value is -4.37. The maximum absolute atomic E-state index is 14.4. The van der Waals surface area contributed by atoms with E-state index in [1.165, 1.54) is 0 Å². The number of benzene rings is 3. The number of amides is 1. The summed E-state index contributed by atoms with van der Waals surface area (Å²) in [4.78, 5) is 23.8. The van der Waals surface area contributed by atoms with Crippen molar-refractivity contribution in [2.24, 2.45) is 0 Å². The Bertz CT molecular complexity index is 1880. The van der Waals surface area contributed by atoms with E-state index in [1.807, 2.05) is 48.2 Å². The van der Waals surface area contributed by atoms with Crippen LogP contribution in [0.3, 0.4) is 0 Å². The quantitative estimate of drug-likeness (QED) is 0.122. The van der Waals surface area contributed by atoms with E-state index in [2.05, 4.69) is 45.1 Å². The molecule has 1 aromatic heterocycles. The third-order valence-electron chi connectivity index (χ3n) is 10.0. The Kier molecular flexibility index (Phi) is 13.6. The Labute approximate surface area is 312 Å². The number of rotatable bonds is 15. The molecule has 2 aliphatic heterocycles. The minimum Gasteiger partial charge on any atom is -0.493 e. The molecule has 0 radical (unpaired) electrons. The standard InChI is InChI=1S/C38H49N5O5.CH4O3S/c1-5-48-24-23-43-32-14-10-9-13-31(32)40-37(43)39-30-15-19-41(20-16-30)21-17-38(29-11-7-6-8-12-29)18-22-42(36(38)44)27-28-25-33(45-2)35(47-4)34(26-28)46-3;1-5(2,3)4/h6-14,25-26,30H,5,15-24,27H2,1-4H3,(H,39,40);1H3,(H,2,3,4). The summed E-state index contributed by atoms with van der Waals surface area (Å²) in [5, 5.41) is 3.76. The minimum atomic E-state index is -3.67. The van der Waals surface area contributed by atoms with E-state index in [-0.39, 0.29) is 5.91 Å². The zero-order valence-corrected chi connectivity index (χ0v) is 32.2. The number of imidazole rings is 1. The predicted octanol–water partition coefficient (Wildman–Crippen LogP) is 5.24. The van der Waals surface area contributed by atoms with Crippen LogP contribution in [-0.2, 0) is 38.2 Å². The first kappa shape index (κ1) is 39.8. The highest BCUT2D eigenvalue weighted by molar-refractivity contribution is 7.85. The Morgan fingerprint density at radius 2 is 1.57 bits per heavy atom. The van der Waals surface area contributed by atoms with Gasteiger partial charge >= 0.3 is 0 Å². The Morgan fingerprint density at radius 1 is 0.925 bits per heavy atom. The van der Waals surface area contributed by atoms with Crippen LogP contribution >= 0.6 is 0 Å². The van der Waals surface area contributed by atoms with Crippen molar-refractivity contribution in [3.8, 4) is 17.2 Å². The van der Waals surface area contributed by atoms with Crippen LogP contribution in [0, 0.1) is 0 Å². The van der Waals surface area contributed by atoms with Gasteiger partial charge in [0.25, 0.3) is 10.1 Å². The molecule has 0 bridgehead atoms. The molecule has 288 valence electrons. The zero-order valence-electron chi connectivity index (χ0n) is 31.4. The second-order valence-electron chi connectivity index (χ2n) is 13.5. The molecule has 2 saturated heterocycles. The molecule has 0 saturated carbocycles. The van der Waals surface area contributed by atoms with Crippen molar-refractivity contribution in [2.75, 3.05) is 72.3 Å². The maximum Gasteiger partial charge on any atom is 0.261 e. The number of para-hydroxylation sites is 2. The largest absolute Gasteiger partial charge is 0.493 e. The third-order valence-corrected chi connectivity index (χ3v) is 10.0. The van der Waals surface area contributed by atoms with Crippen LogP contribution in [0.15, 0.2) is 66.7 Å². The number of aromatic nitrogens is 2. The fraction of sp³-hybridized carbons (Fsp3) is 0.487. The van der Waals surface area contributed by atoms with Crippen LogP contribution in [-0.4, -0.2) is 111 Å². The Morgan fingerprint density at radius 3 is 2.19 bits per heavy atom. The highest BCUT2D eigenvalue weighted by atomic mass is 32.2. The van der Waals surface area contributed by atoms with Crippen LogP contribution in [0.2, 0.25) is 0 Å². The maximum atomic E-state index is 14.4. The Balaban J connectivity index is 0.00000101. The lowest BCUT2D eigenvalue weighted by Crippen LogP contribution is -2.44. The monoisotopic (exact) mass is 751 g/mol. The summed E-state index contributed by atoms with van der Waals surface area (Å²) in [6.45, 7) is 8.16. The molecule has 53 heavy (non-hydrogen) atoms. The summed E-state index contributed by atoms with van der Waals surface area (Å²) in [6.07, 6.45) is 4.33. The van der Waals surface area contributed by atoms with E-state index >= 15 is 0 Å².